The van der Waals surface area contributed by atoms with Crippen molar-refractivity contribution in [1.29, 1.82) is 0 Å². The lowest BCUT2D eigenvalue weighted by Crippen LogP contribution is -2.31. The van der Waals surface area contributed by atoms with Crippen LogP contribution in [0.2, 0.25) is 0 Å². The average Bonchev–Trinajstić information content (AvgIpc) is 2.88. The van der Waals surface area contributed by atoms with Crippen molar-refractivity contribution in [2.45, 2.75) is 18.9 Å². The molecule has 1 heterocycles. The molecule has 2 rings (SSSR count). The standard InChI is InChI=1S/C8H13N5O/c1-13-7(6(9)4-10-13)12-8(14)11-5-2-3-5/h4-5H,2-3,9H2,1H3,(H2,11,12,14). The fourth-order valence-electron chi connectivity index (χ4n) is 1.16. The predicted octanol–water partition coefficient (Wildman–Crippen LogP) is 0.286. The molecular formula is C8H13N5O. The molecule has 0 unspecified atom stereocenters. The number of urea groups is 1. The summed E-state index contributed by atoms with van der Waals surface area (Å²) in [5, 5.41) is 9.37. The first kappa shape index (κ1) is 8.86. The maximum Gasteiger partial charge on any atom is 0.320 e. The SMILES string of the molecule is Cn1ncc(N)c1NC(=O)NC1CC1. The molecule has 0 aliphatic heterocycles. The van der Waals surface area contributed by atoms with E-state index in [1.165, 1.54) is 10.9 Å². The largest absolute Gasteiger partial charge is 0.394 e. The Balaban J connectivity index is 1.98. The maximum absolute atomic E-state index is 11.3. The summed E-state index contributed by atoms with van der Waals surface area (Å²) in [6.07, 6.45) is 3.63. The highest BCUT2D eigenvalue weighted by Gasteiger charge is 2.23. The quantitative estimate of drug-likeness (QED) is 0.634. The fraction of sp³-hybridized carbons (Fsp3) is 0.500. The summed E-state index contributed by atoms with van der Waals surface area (Å²) in [6, 6.07) is 0.118. The van der Waals surface area contributed by atoms with Crippen LogP contribution in [-0.2, 0) is 7.05 Å². The molecule has 6 heteroatoms. The summed E-state index contributed by atoms with van der Waals surface area (Å²) in [5.74, 6) is 0.531. The Morgan fingerprint density at radius 2 is 2.43 bits per heavy atom. The van der Waals surface area contributed by atoms with E-state index in [2.05, 4.69) is 15.7 Å². The summed E-state index contributed by atoms with van der Waals surface area (Å²) in [4.78, 5) is 11.3. The van der Waals surface area contributed by atoms with Crippen LogP contribution < -0.4 is 16.4 Å². The van der Waals surface area contributed by atoms with Crippen LogP contribution in [0.1, 0.15) is 12.8 Å². The van der Waals surface area contributed by atoms with Crippen LogP contribution in [0.15, 0.2) is 6.20 Å². The van der Waals surface area contributed by atoms with Crippen LogP contribution in [0.4, 0.5) is 16.3 Å². The number of carbonyl (C=O) groups excluding carboxylic acids is 1. The van der Waals surface area contributed by atoms with Crippen LogP contribution in [0.5, 0.6) is 0 Å². The Labute approximate surface area is 81.5 Å². The van der Waals surface area contributed by atoms with Gasteiger partial charge >= 0.3 is 6.03 Å². The third-order valence-electron chi connectivity index (χ3n) is 2.11. The van der Waals surface area contributed by atoms with Gasteiger partial charge in [0, 0.05) is 13.1 Å². The first-order chi connectivity index (χ1) is 6.66. The molecule has 0 spiro atoms. The smallest absolute Gasteiger partial charge is 0.320 e. The lowest BCUT2D eigenvalue weighted by molar-refractivity contribution is 0.251. The zero-order valence-corrected chi connectivity index (χ0v) is 7.95. The van der Waals surface area contributed by atoms with E-state index in [0.29, 0.717) is 17.5 Å². The predicted molar refractivity (Wildman–Crippen MR) is 52.8 cm³/mol. The summed E-state index contributed by atoms with van der Waals surface area (Å²) in [5.41, 5.74) is 6.08. The van der Waals surface area contributed by atoms with Crippen LogP contribution in [0.25, 0.3) is 0 Å². The summed E-state index contributed by atoms with van der Waals surface area (Å²) in [7, 11) is 1.73. The summed E-state index contributed by atoms with van der Waals surface area (Å²) in [6.45, 7) is 0. The number of anilines is 2. The minimum atomic E-state index is -0.220. The fourth-order valence-corrected chi connectivity index (χ4v) is 1.16. The third-order valence-corrected chi connectivity index (χ3v) is 2.11. The third kappa shape index (κ3) is 1.78. The van der Waals surface area contributed by atoms with Crippen molar-refractivity contribution in [2.75, 3.05) is 11.1 Å². The molecular weight excluding hydrogens is 182 g/mol. The van der Waals surface area contributed by atoms with Gasteiger partial charge in [-0.15, -0.1) is 0 Å². The van der Waals surface area contributed by atoms with Gasteiger partial charge in [0.15, 0.2) is 5.82 Å². The molecule has 1 fully saturated rings. The number of aryl methyl sites for hydroxylation is 1. The molecule has 1 saturated carbocycles. The van der Waals surface area contributed by atoms with E-state index in [1.807, 2.05) is 0 Å². The Kier molecular flexibility index (Phi) is 2.03. The zero-order valence-electron chi connectivity index (χ0n) is 7.95. The van der Waals surface area contributed by atoms with Crippen molar-refractivity contribution >= 4 is 17.5 Å². The molecule has 0 bridgehead atoms. The Morgan fingerprint density at radius 3 is 2.93 bits per heavy atom. The van der Waals surface area contributed by atoms with Gasteiger partial charge in [-0.1, -0.05) is 0 Å². The number of nitrogen functional groups attached to an aromatic ring is 1. The number of aromatic nitrogens is 2. The molecule has 0 aromatic carbocycles. The van der Waals surface area contributed by atoms with Crippen LogP contribution in [0.3, 0.4) is 0 Å². The summed E-state index contributed by atoms with van der Waals surface area (Å²) < 4.78 is 1.53. The van der Waals surface area contributed by atoms with Crippen LogP contribution >= 0.6 is 0 Å². The zero-order chi connectivity index (χ0) is 10.1. The molecule has 4 N–H and O–H groups in total. The molecule has 76 valence electrons. The van der Waals surface area contributed by atoms with E-state index in [9.17, 15) is 4.79 Å². The molecule has 2 amide bonds. The number of nitrogens with one attached hydrogen (secondary N) is 2. The number of nitrogens with two attached hydrogens (primary N) is 1. The topological polar surface area (TPSA) is 85.0 Å². The van der Waals surface area contributed by atoms with Crippen molar-refractivity contribution in [3.63, 3.8) is 0 Å². The molecule has 0 atom stereocenters. The van der Waals surface area contributed by atoms with E-state index in [4.69, 9.17) is 5.73 Å². The van der Waals surface area contributed by atoms with Gasteiger partial charge in [0.2, 0.25) is 0 Å². The van der Waals surface area contributed by atoms with E-state index in [-0.39, 0.29) is 6.03 Å². The van der Waals surface area contributed by atoms with Crippen molar-refractivity contribution in [2.24, 2.45) is 7.05 Å². The van der Waals surface area contributed by atoms with Gasteiger partial charge in [0.25, 0.3) is 0 Å². The average molecular weight is 195 g/mol. The molecule has 1 aromatic rings. The highest BCUT2D eigenvalue weighted by Crippen LogP contribution is 2.20. The van der Waals surface area contributed by atoms with Crippen LogP contribution in [0, 0.1) is 0 Å². The molecule has 1 aromatic heterocycles. The lowest BCUT2D eigenvalue weighted by Gasteiger charge is -2.07. The molecule has 0 saturated heterocycles. The normalized spacial score (nSPS) is 15.2. The first-order valence-electron chi connectivity index (χ1n) is 4.52. The maximum atomic E-state index is 11.3. The van der Waals surface area contributed by atoms with Gasteiger partial charge in [0.1, 0.15) is 0 Å². The number of carbonyl (C=O) groups is 1. The minimum Gasteiger partial charge on any atom is -0.394 e. The lowest BCUT2D eigenvalue weighted by atomic mass is 10.5. The number of hydrogen-bond acceptors (Lipinski definition) is 3. The van der Waals surface area contributed by atoms with E-state index < -0.39 is 0 Å². The van der Waals surface area contributed by atoms with E-state index >= 15 is 0 Å². The molecule has 1 aliphatic carbocycles. The Hall–Kier alpha value is -1.72. The molecule has 1 aliphatic rings. The van der Waals surface area contributed by atoms with E-state index in [0.717, 1.165) is 12.8 Å². The van der Waals surface area contributed by atoms with Gasteiger partial charge in [-0.2, -0.15) is 5.10 Å². The second-order valence-electron chi connectivity index (χ2n) is 3.44. The van der Waals surface area contributed by atoms with Gasteiger partial charge in [-0.05, 0) is 12.8 Å². The summed E-state index contributed by atoms with van der Waals surface area (Å²) >= 11 is 0. The van der Waals surface area contributed by atoms with Gasteiger partial charge in [-0.25, -0.2) is 4.79 Å². The van der Waals surface area contributed by atoms with Crippen molar-refractivity contribution in [3.05, 3.63) is 6.20 Å². The van der Waals surface area contributed by atoms with Crippen molar-refractivity contribution < 1.29 is 4.79 Å². The molecule has 6 nitrogen and oxygen atoms in total. The van der Waals surface area contributed by atoms with Gasteiger partial charge in [0.05, 0.1) is 11.9 Å². The first-order valence-corrected chi connectivity index (χ1v) is 4.52. The number of amides is 2. The highest BCUT2D eigenvalue weighted by molar-refractivity contribution is 5.91. The molecule has 14 heavy (non-hydrogen) atoms. The van der Waals surface area contributed by atoms with Gasteiger partial charge < -0.3 is 11.1 Å². The Bertz CT molecular complexity index is 335. The van der Waals surface area contributed by atoms with Crippen molar-refractivity contribution in [3.8, 4) is 0 Å². The second-order valence-corrected chi connectivity index (χ2v) is 3.44. The number of hydrogen-bond donors (Lipinski definition) is 3. The number of nitrogens with zero attached hydrogens (tertiary/aromatic N) is 2. The van der Waals surface area contributed by atoms with Crippen LogP contribution in [-0.4, -0.2) is 21.9 Å². The molecule has 0 radical (unpaired) electrons. The monoisotopic (exact) mass is 195 g/mol. The van der Waals surface area contributed by atoms with Gasteiger partial charge in [-0.3, -0.25) is 10.00 Å². The van der Waals surface area contributed by atoms with E-state index in [1.54, 1.807) is 7.05 Å². The highest BCUT2D eigenvalue weighted by atomic mass is 16.2. The second kappa shape index (κ2) is 3.21. The van der Waals surface area contributed by atoms with Crippen molar-refractivity contribution in [1.82, 2.24) is 15.1 Å². The Morgan fingerprint density at radius 1 is 1.71 bits per heavy atom. The number of rotatable bonds is 2. The minimum absolute atomic E-state index is 0.220.